The second-order valence-electron chi connectivity index (χ2n) is 8.92. The summed E-state index contributed by atoms with van der Waals surface area (Å²) in [5.41, 5.74) is 0.920. The number of benzene rings is 1. The topological polar surface area (TPSA) is 68.5 Å². The molecule has 4 fully saturated rings. The Morgan fingerprint density at radius 2 is 1.74 bits per heavy atom. The zero-order valence-corrected chi connectivity index (χ0v) is 15.4. The quantitative estimate of drug-likeness (QED) is 0.813. The fraction of sp³-hybridized carbons (Fsp3) is 0.545. The van der Waals surface area contributed by atoms with Gasteiger partial charge in [-0.05, 0) is 73.8 Å². The minimum Gasteiger partial charge on any atom is -0.450 e. The maximum absolute atomic E-state index is 12.2. The van der Waals surface area contributed by atoms with Crippen LogP contribution in [0.3, 0.4) is 0 Å². The number of hydrogen-bond donors (Lipinski definition) is 1. The van der Waals surface area contributed by atoms with Gasteiger partial charge in [0.25, 0.3) is 5.91 Å². The van der Waals surface area contributed by atoms with E-state index in [1.165, 1.54) is 38.5 Å². The Balaban J connectivity index is 1.14. The molecule has 0 radical (unpaired) electrons. The number of carbonyl (C=O) groups excluding carboxylic acids is 2. The van der Waals surface area contributed by atoms with Gasteiger partial charge in [-0.2, -0.15) is 0 Å². The largest absolute Gasteiger partial charge is 0.450 e. The summed E-state index contributed by atoms with van der Waals surface area (Å²) in [6, 6.07) is 9.03. The van der Waals surface area contributed by atoms with Gasteiger partial charge in [0.15, 0.2) is 6.61 Å². The molecule has 0 atom stereocenters. The third-order valence-electron chi connectivity index (χ3n) is 6.79. The standard InChI is InChI=1S/C22H25NO4/c24-20(12-26-21(25)19-8-17-3-1-2-4-18(17)27-19)23-13-22-9-14-5-15(10-22)7-16(6-14)11-22/h1-4,8,14-16H,5-7,9-13H2,(H,23,24). The van der Waals surface area contributed by atoms with E-state index in [4.69, 9.17) is 9.15 Å². The number of fused-ring (bicyclic) bond motifs is 1. The summed E-state index contributed by atoms with van der Waals surface area (Å²) in [5.74, 6) is 1.88. The Bertz CT molecular complexity index is 815. The summed E-state index contributed by atoms with van der Waals surface area (Å²) in [5, 5.41) is 3.87. The highest BCUT2D eigenvalue weighted by Gasteiger charge is 2.50. The first-order valence-electron chi connectivity index (χ1n) is 10.0. The number of nitrogens with one attached hydrogen (secondary N) is 1. The molecule has 142 valence electrons. The molecule has 6 rings (SSSR count). The molecule has 4 aliphatic rings. The number of furan rings is 1. The van der Waals surface area contributed by atoms with Gasteiger partial charge >= 0.3 is 5.97 Å². The van der Waals surface area contributed by atoms with Crippen LogP contribution in [0.2, 0.25) is 0 Å². The van der Waals surface area contributed by atoms with Crippen LogP contribution in [0, 0.1) is 23.2 Å². The number of ether oxygens (including phenoxy) is 1. The Morgan fingerprint density at radius 3 is 2.41 bits per heavy atom. The molecule has 0 spiro atoms. The third kappa shape index (κ3) is 3.24. The molecule has 4 saturated carbocycles. The van der Waals surface area contributed by atoms with Crippen LogP contribution < -0.4 is 5.32 Å². The minimum absolute atomic E-state index is 0.130. The molecule has 5 nitrogen and oxygen atoms in total. The Morgan fingerprint density at radius 1 is 1.07 bits per heavy atom. The number of amides is 1. The van der Waals surface area contributed by atoms with Crippen LogP contribution in [-0.2, 0) is 9.53 Å². The first-order chi connectivity index (χ1) is 13.1. The molecule has 0 saturated heterocycles. The minimum atomic E-state index is -0.601. The van der Waals surface area contributed by atoms with Crippen LogP contribution in [0.5, 0.6) is 0 Å². The van der Waals surface area contributed by atoms with Crippen molar-refractivity contribution in [3.05, 3.63) is 36.1 Å². The number of esters is 1. The molecule has 1 N–H and O–H groups in total. The Labute approximate surface area is 158 Å². The van der Waals surface area contributed by atoms with E-state index in [9.17, 15) is 9.59 Å². The van der Waals surface area contributed by atoms with Crippen molar-refractivity contribution >= 4 is 22.8 Å². The fourth-order valence-electron chi connectivity index (χ4n) is 6.13. The van der Waals surface area contributed by atoms with Gasteiger partial charge in [0.05, 0.1) is 0 Å². The first-order valence-corrected chi connectivity index (χ1v) is 10.0. The van der Waals surface area contributed by atoms with E-state index in [2.05, 4.69) is 5.32 Å². The molecule has 5 heteroatoms. The predicted octanol–water partition coefficient (Wildman–Crippen LogP) is 3.92. The maximum atomic E-state index is 12.2. The molecule has 1 aromatic carbocycles. The van der Waals surface area contributed by atoms with E-state index in [0.717, 1.165) is 29.7 Å². The number of rotatable bonds is 5. The van der Waals surface area contributed by atoms with E-state index >= 15 is 0 Å². The molecule has 1 aromatic heterocycles. The highest BCUT2D eigenvalue weighted by molar-refractivity contribution is 5.93. The van der Waals surface area contributed by atoms with Crippen LogP contribution in [0.25, 0.3) is 11.0 Å². The zero-order valence-electron chi connectivity index (χ0n) is 15.4. The van der Waals surface area contributed by atoms with E-state index in [1.807, 2.05) is 18.2 Å². The monoisotopic (exact) mass is 367 g/mol. The molecule has 1 heterocycles. The van der Waals surface area contributed by atoms with Gasteiger partial charge in [-0.15, -0.1) is 0 Å². The van der Waals surface area contributed by atoms with Gasteiger partial charge in [0.2, 0.25) is 5.76 Å². The average Bonchev–Trinajstić information content (AvgIpc) is 3.08. The summed E-state index contributed by atoms with van der Waals surface area (Å²) >= 11 is 0. The third-order valence-corrected chi connectivity index (χ3v) is 6.79. The first kappa shape index (κ1) is 16.8. The van der Waals surface area contributed by atoms with Crippen molar-refractivity contribution in [3.63, 3.8) is 0 Å². The fourth-order valence-corrected chi connectivity index (χ4v) is 6.13. The second-order valence-corrected chi connectivity index (χ2v) is 8.92. The lowest BCUT2D eigenvalue weighted by Crippen LogP contribution is -2.51. The smallest absolute Gasteiger partial charge is 0.374 e. The molecule has 27 heavy (non-hydrogen) atoms. The van der Waals surface area contributed by atoms with E-state index in [1.54, 1.807) is 12.1 Å². The SMILES string of the molecule is O=C(COC(=O)c1cc2ccccc2o1)NCC12CC3CC(CC(C3)C1)C2. The summed E-state index contributed by atoms with van der Waals surface area (Å²) in [6.07, 6.45) is 7.92. The average molecular weight is 367 g/mol. The molecule has 4 bridgehead atoms. The van der Waals surface area contributed by atoms with Crippen molar-refractivity contribution in [1.29, 1.82) is 0 Å². The predicted molar refractivity (Wildman–Crippen MR) is 100 cm³/mol. The molecule has 0 unspecified atom stereocenters. The second kappa shape index (κ2) is 6.39. The lowest BCUT2D eigenvalue weighted by atomic mass is 9.49. The molecular formula is C22H25NO4. The molecule has 0 aliphatic heterocycles. The number of hydrogen-bond acceptors (Lipinski definition) is 4. The van der Waals surface area contributed by atoms with Gasteiger partial charge in [-0.3, -0.25) is 4.79 Å². The maximum Gasteiger partial charge on any atom is 0.374 e. The van der Waals surface area contributed by atoms with Crippen LogP contribution >= 0.6 is 0 Å². The number of para-hydroxylation sites is 1. The van der Waals surface area contributed by atoms with Crippen molar-refractivity contribution < 1.29 is 18.7 Å². The van der Waals surface area contributed by atoms with Crippen molar-refractivity contribution in [1.82, 2.24) is 5.32 Å². The Kier molecular flexibility index (Phi) is 3.99. The zero-order chi connectivity index (χ0) is 18.4. The summed E-state index contributed by atoms with van der Waals surface area (Å²) in [7, 11) is 0. The van der Waals surface area contributed by atoms with Crippen LogP contribution in [-0.4, -0.2) is 25.0 Å². The van der Waals surface area contributed by atoms with Crippen LogP contribution in [0.15, 0.2) is 34.7 Å². The van der Waals surface area contributed by atoms with Gasteiger partial charge in [-0.1, -0.05) is 18.2 Å². The van der Waals surface area contributed by atoms with Crippen molar-refractivity contribution in [2.75, 3.05) is 13.2 Å². The molecule has 2 aromatic rings. The summed E-state index contributed by atoms with van der Waals surface area (Å²) in [6.45, 7) is 0.458. The van der Waals surface area contributed by atoms with E-state index in [-0.39, 0.29) is 23.7 Å². The van der Waals surface area contributed by atoms with Crippen LogP contribution in [0.4, 0.5) is 0 Å². The van der Waals surface area contributed by atoms with E-state index < -0.39 is 5.97 Å². The normalized spacial score (nSPS) is 31.2. The number of carbonyl (C=O) groups is 2. The lowest BCUT2D eigenvalue weighted by Gasteiger charge is -2.56. The van der Waals surface area contributed by atoms with Crippen molar-refractivity contribution in [2.45, 2.75) is 38.5 Å². The Hall–Kier alpha value is -2.30. The highest BCUT2D eigenvalue weighted by Crippen LogP contribution is 2.59. The highest BCUT2D eigenvalue weighted by atomic mass is 16.5. The van der Waals surface area contributed by atoms with Crippen molar-refractivity contribution in [3.8, 4) is 0 Å². The van der Waals surface area contributed by atoms with Crippen LogP contribution in [0.1, 0.15) is 49.1 Å². The lowest BCUT2D eigenvalue weighted by molar-refractivity contribution is -0.126. The van der Waals surface area contributed by atoms with E-state index in [0.29, 0.717) is 5.58 Å². The van der Waals surface area contributed by atoms with Gasteiger partial charge in [0.1, 0.15) is 5.58 Å². The summed E-state index contributed by atoms with van der Waals surface area (Å²) < 4.78 is 10.6. The molecule has 1 amide bonds. The summed E-state index contributed by atoms with van der Waals surface area (Å²) in [4.78, 5) is 24.4. The van der Waals surface area contributed by atoms with Crippen molar-refractivity contribution in [2.24, 2.45) is 23.2 Å². The molecule has 4 aliphatic carbocycles. The van der Waals surface area contributed by atoms with Gasteiger partial charge in [-0.25, -0.2) is 4.79 Å². The molecular weight excluding hydrogens is 342 g/mol. The van der Waals surface area contributed by atoms with Gasteiger partial charge < -0.3 is 14.5 Å². The van der Waals surface area contributed by atoms with Gasteiger partial charge in [0, 0.05) is 11.9 Å².